The smallest absolute Gasteiger partial charge is 0.454 e. The van der Waals surface area contributed by atoms with Crippen molar-refractivity contribution < 1.29 is 32.2 Å². The van der Waals surface area contributed by atoms with Gasteiger partial charge in [-0.15, -0.1) is 0 Å². The summed E-state index contributed by atoms with van der Waals surface area (Å²) in [6, 6.07) is 5.14. The molecule has 0 saturated carbocycles. The Kier molecular flexibility index (Phi) is 4.74. The third-order valence-corrected chi connectivity index (χ3v) is 2.82. The summed E-state index contributed by atoms with van der Waals surface area (Å²) in [5, 5.41) is 4.16. The molecule has 0 bridgehead atoms. The van der Waals surface area contributed by atoms with Crippen molar-refractivity contribution >= 4 is 11.8 Å². The molecule has 6 nitrogen and oxygen atoms in total. The second kappa shape index (κ2) is 6.54. The molecule has 0 fully saturated rings. The fourth-order valence-corrected chi connectivity index (χ4v) is 1.73. The van der Waals surface area contributed by atoms with E-state index in [0.29, 0.717) is 11.5 Å². The van der Waals surface area contributed by atoms with E-state index in [1.807, 2.05) is 0 Å². The summed E-state index contributed by atoms with van der Waals surface area (Å²) in [4.78, 5) is 22.0. The zero-order valence-electron chi connectivity index (χ0n) is 11.3. The molecule has 1 aromatic rings. The van der Waals surface area contributed by atoms with Gasteiger partial charge >= 0.3 is 12.1 Å². The van der Waals surface area contributed by atoms with Gasteiger partial charge in [0, 0.05) is 19.5 Å². The zero-order valence-corrected chi connectivity index (χ0v) is 11.3. The van der Waals surface area contributed by atoms with Crippen molar-refractivity contribution in [2.24, 2.45) is 0 Å². The maximum absolute atomic E-state index is 11.9. The van der Waals surface area contributed by atoms with Gasteiger partial charge in [0.05, 0.1) is 0 Å². The minimum Gasteiger partial charge on any atom is -0.454 e. The Bertz CT molecular complexity index is 575. The number of rotatable bonds is 5. The van der Waals surface area contributed by atoms with E-state index in [4.69, 9.17) is 9.47 Å². The van der Waals surface area contributed by atoms with Gasteiger partial charge in [-0.3, -0.25) is 9.59 Å². The van der Waals surface area contributed by atoms with E-state index in [0.717, 1.165) is 5.56 Å². The Morgan fingerprint density at radius 3 is 2.59 bits per heavy atom. The summed E-state index contributed by atoms with van der Waals surface area (Å²) in [6.45, 7) is -0.0436. The molecular weight excluding hydrogens is 305 g/mol. The average molecular weight is 318 g/mol. The minimum absolute atomic E-state index is 0.143. The Hall–Kier alpha value is -2.45. The molecule has 0 aromatic heterocycles. The normalized spacial score (nSPS) is 12.9. The van der Waals surface area contributed by atoms with Crippen molar-refractivity contribution in [3.8, 4) is 11.5 Å². The Morgan fingerprint density at radius 1 is 1.14 bits per heavy atom. The molecule has 0 radical (unpaired) electrons. The van der Waals surface area contributed by atoms with Gasteiger partial charge in [-0.1, -0.05) is 6.07 Å². The number of fused-ring (bicyclic) bond motifs is 1. The van der Waals surface area contributed by atoms with Gasteiger partial charge in [0.25, 0.3) is 0 Å². The number of benzene rings is 1. The van der Waals surface area contributed by atoms with Gasteiger partial charge < -0.3 is 20.1 Å². The van der Waals surface area contributed by atoms with Gasteiger partial charge in [-0.05, 0) is 17.7 Å². The van der Waals surface area contributed by atoms with Crippen molar-refractivity contribution in [3.05, 3.63) is 23.8 Å². The third kappa shape index (κ3) is 4.27. The van der Waals surface area contributed by atoms with Gasteiger partial charge in [0.1, 0.15) is 0 Å². The standard InChI is InChI=1S/C13H13F3N2O4/c14-13(15,16)12(20)17-4-3-11(19)18-6-8-1-2-9-10(5-8)22-7-21-9/h1-2,5H,3-4,6-7H2,(H,17,20)(H,18,19). The van der Waals surface area contributed by atoms with Crippen molar-refractivity contribution in [1.82, 2.24) is 10.6 Å². The summed E-state index contributed by atoms with van der Waals surface area (Å²) in [7, 11) is 0. The Morgan fingerprint density at radius 2 is 1.86 bits per heavy atom. The molecule has 2 N–H and O–H groups in total. The topological polar surface area (TPSA) is 76.7 Å². The van der Waals surface area contributed by atoms with Crippen LogP contribution in [0.15, 0.2) is 18.2 Å². The highest BCUT2D eigenvalue weighted by Crippen LogP contribution is 2.32. The van der Waals surface area contributed by atoms with Gasteiger partial charge in [0.2, 0.25) is 12.7 Å². The number of hydrogen-bond donors (Lipinski definition) is 2. The molecule has 1 heterocycles. The van der Waals surface area contributed by atoms with Crippen LogP contribution in [-0.4, -0.2) is 31.3 Å². The highest BCUT2D eigenvalue weighted by Gasteiger charge is 2.38. The van der Waals surface area contributed by atoms with Crippen LogP contribution in [0.1, 0.15) is 12.0 Å². The molecule has 1 aliphatic rings. The first-order chi connectivity index (χ1) is 10.4. The van der Waals surface area contributed by atoms with Crippen molar-refractivity contribution in [3.63, 3.8) is 0 Å². The Balaban J connectivity index is 1.71. The van der Waals surface area contributed by atoms with Gasteiger partial charge in [-0.25, -0.2) is 0 Å². The summed E-state index contributed by atoms with van der Waals surface area (Å²) in [6.07, 6.45) is -5.19. The van der Waals surface area contributed by atoms with E-state index in [1.54, 1.807) is 23.5 Å². The molecule has 2 rings (SSSR count). The van der Waals surface area contributed by atoms with E-state index in [1.165, 1.54) is 0 Å². The molecule has 1 aliphatic heterocycles. The SMILES string of the molecule is O=C(CCNC(=O)C(F)(F)F)NCc1ccc2c(c1)OCO2. The van der Waals surface area contributed by atoms with Crippen LogP contribution in [0.25, 0.3) is 0 Å². The van der Waals surface area contributed by atoms with E-state index in [-0.39, 0.29) is 26.3 Å². The number of hydrogen-bond acceptors (Lipinski definition) is 4. The molecule has 22 heavy (non-hydrogen) atoms. The molecule has 0 saturated heterocycles. The first-order valence-electron chi connectivity index (χ1n) is 6.36. The summed E-state index contributed by atoms with van der Waals surface area (Å²) < 4.78 is 46.1. The van der Waals surface area contributed by atoms with Crippen LogP contribution in [0.2, 0.25) is 0 Å². The van der Waals surface area contributed by atoms with Crippen LogP contribution in [-0.2, 0) is 16.1 Å². The monoisotopic (exact) mass is 318 g/mol. The second-order valence-corrected chi connectivity index (χ2v) is 4.47. The van der Waals surface area contributed by atoms with Crippen LogP contribution in [0.5, 0.6) is 11.5 Å². The lowest BCUT2D eigenvalue weighted by molar-refractivity contribution is -0.173. The van der Waals surface area contributed by atoms with Crippen LogP contribution in [0.4, 0.5) is 13.2 Å². The second-order valence-electron chi connectivity index (χ2n) is 4.47. The molecule has 0 atom stereocenters. The third-order valence-electron chi connectivity index (χ3n) is 2.82. The number of carbonyl (C=O) groups is 2. The summed E-state index contributed by atoms with van der Waals surface area (Å²) >= 11 is 0. The minimum atomic E-state index is -4.94. The maximum Gasteiger partial charge on any atom is 0.471 e. The van der Waals surface area contributed by atoms with Gasteiger partial charge in [-0.2, -0.15) is 13.2 Å². The first-order valence-corrected chi connectivity index (χ1v) is 6.36. The number of nitrogens with one attached hydrogen (secondary N) is 2. The lowest BCUT2D eigenvalue weighted by Crippen LogP contribution is -2.38. The van der Waals surface area contributed by atoms with E-state index in [9.17, 15) is 22.8 Å². The lowest BCUT2D eigenvalue weighted by Gasteiger charge is -2.08. The van der Waals surface area contributed by atoms with Crippen LogP contribution >= 0.6 is 0 Å². The molecule has 0 aliphatic carbocycles. The summed E-state index contributed by atoms with van der Waals surface area (Å²) in [5.41, 5.74) is 0.761. The number of alkyl halides is 3. The molecule has 0 spiro atoms. The molecule has 9 heteroatoms. The number of carbonyl (C=O) groups excluding carboxylic acids is 2. The van der Waals surface area contributed by atoms with E-state index < -0.39 is 18.0 Å². The van der Waals surface area contributed by atoms with Crippen molar-refractivity contribution in [2.75, 3.05) is 13.3 Å². The number of halogens is 3. The fraction of sp³-hybridized carbons (Fsp3) is 0.385. The predicted molar refractivity (Wildman–Crippen MR) is 68.1 cm³/mol. The highest BCUT2D eigenvalue weighted by molar-refractivity contribution is 5.82. The van der Waals surface area contributed by atoms with Crippen LogP contribution in [0.3, 0.4) is 0 Å². The zero-order chi connectivity index (χ0) is 16.2. The lowest BCUT2D eigenvalue weighted by atomic mass is 10.2. The molecule has 120 valence electrons. The van der Waals surface area contributed by atoms with Crippen LogP contribution < -0.4 is 20.1 Å². The largest absolute Gasteiger partial charge is 0.471 e. The summed E-state index contributed by atoms with van der Waals surface area (Å²) in [5.74, 6) is -1.34. The average Bonchev–Trinajstić information content (AvgIpc) is 2.91. The van der Waals surface area contributed by atoms with E-state index in [2.05, 4.69) is 5.32 Å². The molecule has 0 unspecified atom stereocenters. The maximum atomic E-state index is 11.9. The van der Waals surface area contributed by atoms with Crippen molar-refractivity contribution in [1.29, 1.82) is 0 Å². The fourth-order valence-electron chi connectivity index (χ4n) is 1.73. The predicted octanol–water partition coefficient (Wildman–Crippen LogP) is 1.10. The number of ether oxygens (including phenoxy) is 2. The van der Waals surface area contributed by atoms with E-state index >= 15 is 0 Å². The number of amides is 2. The van der Waals surface area contributed by atoms with Crippen LogP contribution in [0, 0.1) is 0 Å². The molecular formula is C13H13F3N2O4. The molecule has 1 aromatic carbocycles. The Labute approximate surface area is 123 Å². The molecule has 2 amide bonds. The highest BCUT2D eigenvalue weighted by atomic mass is 19.4. The van der Waals surface area contributed by atoms with Gasteiger partial charge in [0.15, 0.2) is 11.5 Å². The van der Waals surface area contributed by atoms with Crippen molar-refractivity contribution in [2.45, 2.75) is 19.1 Å². The first kappa shape index (κ1) is 15.9. The quantitative estimate of drug-likeness (QED) is 0.852.